The Labute approximate surface area is 195 Å². The molecule has 9 nitrogen and oxygen atoms in total. The molecular formula is C22H27F2N5O4Si. The molecular weight excluding hydrogens is 464 g/mol. The standard InChI is InChI=1S/C22H27F2N5O4Si/c1-34(2)9-18(21(32)28-16(19(25)30)5-11-3-4-26-20(11)31)29(10-34)22(33)17-8-13-14(24)6-12(23)7-15(13)27-17/h6-8,11,16,18,27H,3-5,9-10H2,1-2H3,(H2,25,30)(H,26,31)(H,28,32)/t11-,16-,18-/m0/s1. The van der Waals surface area contributed by atoms with E-state index in [4.69, 9.17) is 5.73 Å². The third-order valence-electron chi connectivity index (χ3n) is 6.51. The summed E-state index contributed by atoms with van der Waals surface area (Å²) in [4.78, 5) is 54.6. The number of aromatic amines is 1. The lowest BCUT2D eigenvalue weighted by Crippen LogP contribution is -2.52. The number of carbonyl (C=O) groups excluding carboxylic acids is 4. The van der Waals surface area contributed by atoms with Gasteiger partial charge < -0.3 is 26.3 Å². The van der Waals surface area contributed by atoms with Gasteiger partial charge in [-0.15, -0.1) is 0 Å². The molecule has 4 rings (SSSR count). The van der Waals surface area contributed by atoms with Crippen molar-refractivity contribution in [3.05, 3.63) is 35.5 Å². The molecule has 12 heteroatoms. The molecule has 4 amide bonds. The maximum absolute atomic E-state index is 14.1. The van der Waals surface area contributed by atoms with Crippen molar-refractivity contribution in [2.24, 2.45) is 11.7 Å². The van der Waals surface area contributed by atoms with Crippen LogP contribution in [0.15, 0.2) is 18.2 Å². The fraction of sp³-hybridized carbons (Fsp3) is 0.455. The number of halogens is 2. The number of nitrogens with one attached hydrogen (secondary N) is 3. The molecule has 2 aliphatic heterocycles. The van der Waals surface area contributed by atoms with Gasteiger partial charge in [0.25, 0.3) is 5.91 Å². The molecule has 1 aromatic carbocycles. The van der Waals surface area contributed by atoms with Gasteiger partial charge in [-0.1, -0.05) is 13.1 Å². The Morgan fingerprint density at radius 3 is 2.65 bits per heavy atom. The Balaban J connectivity index is 1.55. The fourth-order valence-corrected chi connectivity index (χ4v) is 7.68. The third kappa shape index (κ3) is 4.67. The molecule has 2 saturated heterocycles. The van der Waals surface area contributed by atoms with Gasteiger partial charge in [0.15, 0.2) is 0 Å². The number of primary amides is 1. The van der Waals surface area contributed by atoms with Crippen molar-refractivity contribution in [3.8, 4) is 0 Å². The largest absolute Gasteiger partial charge is 0.368 e. The Morgan fingerprint density at radius 2 is 2.00 bits per heavy atom. The summed E-state index contributed by atoms with van der Waals surface area (Å²) < 4.78 is 27.7. The molecule has 0 aliphatic carbocycles. The van der Waals surface area contributed by atoms with Crippen molar-refractivity contribution < 1.29 is 28.0 Å². The van der Waals surface area contributed by atoms with Crippen molar-refractivity contribution in [3.63, 3.8) is 0 Å². The molecule has 3 atom stereocenters. The normalized spacial score (nSPS) is 22.6. The highest BCUT2D eigenvalue weighted by atomic mass is 28.3. The first-order valence-corrected chi connectivity index (χ1v) is 14.5. The van der Waals surface area contributed by atoms with Crippen molar-refractivity contribution >= 4 is 42.6 Å². The van der Waals surface area contributed by atoms with E-state index >= 15 is 0 Å². The highest BCUT2D eigenvalue weighted by molar-refractivity contribution is 6.79. The van der Waals surface area contributed by atoms with E-state index in [-0.39, 0.29) is 28.9 Å². The predicted octanol–water partition coefficient (Wildman–Crippen LogP) is 1.01. The monoisotopic (exact) mass is 491 g/mol. The van der Waals surface area contributed by atoms with Crippen LogP contribution in [0.4, 0.5) is 8.78 Å². The summed E-state index contributed by atoms with van der Waals surface area (Å²) in [5.74, 6) is -3.97. The first kappa shape index (κ1) is 23.9. The van der Waals surface area contributed by atoms with E-state index in [1.54, 1.807) is 0 Å². The summed E-state index contributed by atoms with van der Waals surface area (Å²) in [6.07, 6.45) is 1.01. The quantitative estimate of drug-likeness (QED) is 0.448. The minimum atomic E-state index is -1.99. The molecule has 2 aliphatic rings. The van der Waals surface area contributed by atoms with E-state index < -0.39 is 55.4 Å². The average Bonchev–Trinajstić information content (AvgIpc) is 3.43. The second-order valence-electron chi connectivity index (χ2n) is 9.82. The number of aromatic nitrogens is 1. The van der Waals surface area contributed by atoms with Gasteiger partial charge in [-0.25, -0.2) is 8.78 Å². The molecule has 0 spiro atoms. The molecule has 1 aromatic heterocycles. The van der Waals surface area contributed by atoms with E-state index in [2.05, 4.69) is 15.6 Å². The van der Waals surface area contributed by atoms with Gasteiger partial charge in [0.2, 0.25) is 17.7 Å². The highest BCUT2D eigenvalue weighted by Gasteiger charge is 2.46. The molecule has 5 N–H and O–H groups in total. The van der Waals surface area contributed by atoms with Gasteiger partial charge in [-0.3, -0.25) is 19.2 Å². The van der Waals surface area contributed by atoms with Crippen LogP contribution in [0.25, 0.3) is 10.9 Å². The first-order chi connectivity index (χ1) is 15.9. The van der Waals surface area contributed by atoms with E-state index in [1.165, 1.54) is 11.0 Å². The summed E-state index contributed by atoms with van der Waals surface area (Å²) in [5.41, 5.74) is 5.67. The number of benzene rings is 1. The van der Waals surface area contributed by atoms with Crippen LogP contribution >= 0.6 is 0 Å². The van der Waals surface area contributed by atoms with Crippen molar-refractivity contribution in [2.45, 2.75) is 44.1 Å². The van der Waals surface area contributed by atoms with Crippen molar-refractivity contribution in [1.82, 2.24) is 20.5 Å². The van der Waals surface area contributed by atoms with E-state index in [0.717, 1.165) is 12.1 Å². The number of hydrogen-bond donors (Lipinski definition) is 4. The number of rotatable bonds is 6. The zero-order valence-corrected chi connectivity index (χ0v) is 19.9. The van der Waals surface area contributed by atoms with Gasteiger partial charge in [-0.2, -0.15) is 0 Å². The average molecular weight is 492 g/mol. The Kier molecular flexibility index (Phi) is 6.19. The molecule has 34 heavy (non-hydrogen) atoms. The summed E-state index contributed by atoms with van der Waals surface area (Å²) in [6.45, 7) is 4.58. The number of H-pyrrole nitrogens is 1. The van der Waals surface area contributed by atoms with E-state index in [9.17, 15) is 28.0 Å². The predicted molar refractivity (Wildman–Crippen MR) is 122 cm³/mol. The minimum absolute atomic E-state index is 0.0399. The van der Waals surface area contributed by atoms with Crippen LogP contribution in [0.5, 0.6) is 0 Å². The third-order valence-corrected chi connectivity index (χ3v) is 9.20. The minimum Gasteiger partial charge on any atom is -0.368 e. The second-order valence-corrected chi connectivity index (χ2v) is 14.9. The van der Waals surface area contributed by atoms with Gasteiger partial charge >= 0.3 is 0 Å². The van der Waals surface area contributed by atoms with Gasteiger partial charge in [-0.05, 0) is 31.0 Å². The number of carbonyl (C=O) groups is 4. The van der Waals surface area contributed by atoms with Crippen molar-refractivity contribution in [1.29, 1.82) is 0 Å². The van der Waals surface area contributed by atoms with Crippen LogP contribution < -0.4 is 16.4 Å². The highest BCUT2D eigenvalue weighted by Crippen LogP contribution is 2.30. The van der Waals surface area contributed by atoms with Gasteiger partial charge in [0.1, 0.15) is 29.4 Å². The Morgan fingerprint density at radius 1 is 1.26 bits per heavy atom. The summed E-state index contributed by atoms with van der Waals surface area (Å²) >= 11 is 0. The number of nitrogens with zero attached hydrogens (tertiary/aromatic N) is 1. The molecule has 0 unspecified atom stereocenters. The maximum Gasteiger partial charge on any atom is 0.270 e. The van der Waals surface area contributed by atoms with E-state index in [1.807, 2.05) is 13.1 Å². The first-order valence-electron chi connectivity index (χ1n) is 11.1. The smallest absolute Gasteiger partial charge is 0.270 e. The van der Waals surface area contributed by atoms with Crippen LogP contribution in [0, 0.1) is 17.6 Å². The molecule has 3 heterocycles. The van der Waals surface area contributed by atoms with Gasteiger partial charge in [0, 0.05) is 30.1 Å². The van der Waals surface area contributed by atoms with Crippen LogP contribution in [0.3, 0.4) is 0 Å². The lowest BCUT2D eigenvalue weighted by molar-refractivity contribution is -0.130. The molecule has 182 valence electrons. The number of nitrogens with two attached hydrogens (primary N) is 1. The lowest BCUT2D eigenvalue weighted by Gasteiger charge is -2.26. The maximum atomic E-state index is 14.1. The zero-order valence-electron chi connectivity index (χ0n) is 18.9. The number of fused-ring (bicyclic) bond motifs is 1. The molecule has 0 radical (unpaired) electrons. The van der Waals surface area contributed by atoms with E-state index in [0.29, 0.717) is 25.2 Å². The van der Waals surface area contributed by atoms with Crippen LogP contribution in [0.2, 0.25) is 19.1 Å². The van der Waals surface area contributed by atoms with Crippen molar-refractivity contribution in [2.75, 3.05) is 12.7 Å². The summed E-state index contributed by atoms with van der Waals surface area (Å²) in [7, 11) is -1.99. The van der Waals surface area contributed by atoms with Crippen LogP contribution in [-0.4, -0.2) is 66.4 Å². The Bertz CT molecular complexity index is 1180. The van der Waals surface area contributed by atoms with Gasteiger partial charge in [0.05, 0.1) is 13.6 Å². The lowest BCUT2D eigenvalue weighted by atomic mass is 9.97. The van der Waals surface area contributed by atoms with Crippen LogP contribution in [0.1, 0.15) is 23.3 Å². The van der Waals surface area contributed by atoms with Crippen LogP contribution in [-0.2, 0) is 14.4 Å². The number of hydrogen-bond acceptors (Lipinski definition) is 4. The SMILES string of the molecule is C[Si]1(C)C[C@@H](C(=O)N[C@@H](C[C@@H]2CCNC2=O)C(N)=O)N(C(=O)c2cc3c(F)cc(F)cc3[nH]2)C1. The molecule has 0 bridgehead atoms. The summed E-state index contributed by atoms with van der Waals surface area (Å²) in [6, 6.07) is 1.71. The number of amides is 4. The topological polar surface area (TPSA) is 137 Å². The molecule has 2 fully saturated rings. The second kappa shape index (κ2) is 8.82. The Hall–Kier alpha value is -3.28. The molecule has 2 aromatic rings. The summed E-state index contributed by atoms with van der Waals surface area (Å²) in [5, 5.41) is 5.40. The zero-order chi connectivity index (χ0) is 24.8. The molecule has 0 saturated carbocycles. The fourth-order valence-electron chi connectivity index (χ4n) is 4.82.